The van der Waals surface area contributed by atoms with Crippen molar-refractivity contribution in [2.45, 2.75) is 39.0 Å². The zero-order chi connectivity index (χ0) is 27.4. The number of para-hydroxylation sites is 1. The fraction of sp³-hybridized carbons (Fsp3) is 0.417. The number of nitrogens with two attached hydrogens (primary N) is 1. The molecule has 1 saturated carbocycles. The van der Waals surface area contributed by atoms with Gasteiger partial charge >= 0.3 is 13.7 Å². The Bertz CT molecular complexity index is 1350. The number of carbonyl (C=O) groups excluding carboxylic acids is 1. The van der Waals surface area contributed by atoms with Gasteiger partial charge in [-0.15, -0.1) is 0 Å². The molecule has 38 heavy (non-hydrogen) atoms. The molecule has 0 radical (unpaired) electrons. The molecule has 0 spiro atoms. The van der Waals surface area contributed by atoms with Gasteiger partial charge in [-0.25, -0.2) is 23.9 Å². The third kappa shape index (κ3) is 5.70. The van der Waals surface area contributed by atoms with E-state index in [1.54, 1.807) is 48.7 Å². The largest absolute Gasteiger partial charge is 0.462 e. The Morgan fingerprint density at radius 2 is 2.00 bits per heavy atom. The van der Waals surface area contributed by atoms with Gasteiger partial charge in [-0.1, -0.05) is 18.2 Å². The fourth-order valence-electron chi connectivity index (χ4n) is 4.36. The van der Waals surface area contributed by atoms with Crippen LogP contribution < -0.4 is 15.3 Å². The van der Waals surface area contributed by atoms with Crippen molar-refractivity contribution in [2.75, 3.05) is 18.9 Å². The van der Waals surface area contributed by atoms with E-state index in [-0.39, 0.29) is 36.5 Å². The molecule has 2 unspecified atom stereocenters. The first-order valence-corrected chi connectivity index (χ1v) is 13.5. The molecular formula is C24H30FN6O6P. The molecule has 2 aromatic heterocycles. The molecule has 0 amide bonds. The molecular weight excluding hydrogens is 518 g/mol. The van der Waals surface area contributed by atoms with Crippen molar-refractivity contribution in [3.05, 3.63) is 54.9 Å². The van der Waals surface area contributed by atoms with Gasteiger partial charge in [0.05, 0.1) is 31.4 Å². The van der Waals surface area contributed by atoms with Crippen LogP contribution in [0.4, 0.5) is 10.2 Å². The second-order valence-corrected chi connectivity index (χ2v) is 10.8. The Hall–Kier alpha value is -3.38. The normalized spacial score (nSPS) is 22.7. The highest BCUT2D eigenvalue weighted by Crippen LogP contribution is 2.53. The van der Waals surface area contributed by atoms with Gasteiger partial charge in [0.1, 0.15) is 23.6 Å². The van der Waals surface area contributed by atoms with E-state index >= 15 is 0 Å². The van der Waals surface area contributed by atoms with Gasteiger partial charge in [-0.3, -0.25) is 9.32 Å². The molecule has 0 aliphatic heterocycles. The topological polar surface area (TPSA) is 164 Å². The highest BCUT2D eigenvalue weighted by atomic mass is 31.2. The number of ether oxygens (including phenoxy) is 1. The number of nitrogens with zero attached hydrogens (tertiary/aromatic N) is 4. The molecule has 1 aliphatic carbocycles. The average molecular weight is 549 g/mol. The Morgan fingerprint density at radius 1 is 1.26 bits per heavy atom. The molecule has 0 bridgehead atoms. The summed E-state index contributed by atoms with van der Waals surface area (Å²) in [4.78, 5) is 24.7. The van der Waals surface area contributed by atoms with Gasteiger partial charge in [0, 0.05) is 18.4 Å². The van der Waals surface area contributed by atoms with Gasteiger partial charge in [-0.05, 0) is 38.5 Å². The van der Waals surface area contributed by atoms with E-state index in [1.807, 2.05) is 0 Å². The number of rotatable bonds is 11. The SMILES string of the molecule is CC(C)OC(=O)C(C)NP(=O)(OC[C@@H]1/C(=C/F)[C@H](n2cnc3c(N)ncnc32)[C@H]1CO)Oc1ccccc1. The molecule has 5 atom stereocenters. The van der Waals surface area contributed by atoms with Crippen LogP contribution in [0.25, 0.3) is 11.2 Å². The first kappa shape index (κ1) is 27.6. The highest BCUT2D eigenvalue weighted by molar-refractivity contribution is 7.52. The second-order valence-electron chi connectivity index (χ2n) is 9.12. The van der Waals surface area contributed by atoms with Crippen molar-refractivity contribution >= 4 is 30.7 Å². The van der Waals surface area contributed by atoms with Crippen LogP contribution in [-0.4, -0.2) is 56.0 Å². The van der Waals surface area contributed by atoms with Crippen molar-refractivity contribution < 1.29 is 32.6 Å². The molecule has 4 N–H and O–H groups in total. The molecule has 2 heterocycles. The number of anilines is 1. The smallest absolute Gasteiger partial charge is 0.459 e. The Balaban J connectivity index is 1.54. The maximum Gasteiger partial charge on any atom is 0.459 e. The van der Waals surface area contributed by atoms with E-state index in [0.29, 0.717) is 17.5 Å². The summed E-state index contributed by atoms with van der Waals surface area (Å²) >= 11 is 0. The standard InChI is InChI=1S/C24H30FN6O6P/c1-14(2)36-24(33)15(3)30-38(34,37-16-7-5-4-6-8-16)35-11-19-17(9-25)21(18(19)10-32)31-13-29-20-22(26)27-12-28-23(20)31/h4-9,12-15,18-19,21,32H,10-11H2,1-3H3,(H,30,34)(H2,26,27,28)/b17-9-/t15?,18-,19+,21-,38?/m0/s1. The predicted octanol–water partition coefficient (Wildman–Crippen LogP) is 3.17. The molecule has 3 aromatic rings. The number of hydrogen-bond acceptors (Lipinski definition) is 10. The lowest BCUT2D eigenvalue weighted by Gasteiger charge is -2.46. The van der Waals surface area contributed by atoms with Crippen LogP contribution in [0, 0.1) is 11.8 Å². The van der Waals surface area contributed by atoms with Crippen LogP contribution in [0.15, 0.2) is 54.9 Å². The van der Waals surface area contributed by atoms with Crippen molar-refractivity contribution in [2.24, 2.45) is 11.8 Å². The summed E-state index contributed by atoms with van der Waals surface area (Å²) in [5.41, 5.74) is 6.89. The van der Waals surface area contributed by atoms with Crippen molar-refractivity contribution in [1.29, 1.82) is 0 Å². The average Bonchev–Trinajstić information content (AvgIpc) is 3.28. The monoisotopic (exact) mass is 548 g/mol. The summed E-state index contributed by atoms with van der Waals surface area (Å²) in [6, 6.07) is 6.62. The van der Waals surface area contributed by atoms with E-state index < -0.39 is 37.6 Å². The van der Waals surface area contributed by atoms with E-state index in [2.05, 4.69) is 20.0 Å². The second kappa shape index (κ2) is 11.6. The van der Waals surface area contributed by atoms with E-state index in [9.17, 15) is 18.9 Å². The molecule has 204 valence electrons. The Kier molecular flexibility index (Phi) is 8.41. The van der Waals surface area contributed by atoms with Gasteiger partial charge in [0.25, 0.3) is 0 Å². The number of nitrogens with one attached hydrogen (secondary N) is 1. The Morgan fingerprint density at radius 3 is 2.66 bits per heavy atom. The molecule has 12 nitrogen and oxygen atoms in total. The highest BCUT2D eigenvalue weighted by Gasteiger charge is 2.49. The van der Waals surface area contributed by atoms with Crippen LogP contribution >= 0.6 is 7.75 Å². The summed E-state index contributed by atoms with van der Waals surface area (Å²) in [7, 11) is -4.17. The summed E-state index contributed by atoms with van der Waals surface area (Å²) in [5.74, 6) is -1.41. The number of aliphatic hydroxyl groups is 1. The third-order valence-corrected chi connectivity index (χ3v) is 7.81. The molecule has 0 saturated heterocycles. The van der Waals surface area contributed by atoms with E-state index in [0.717, 1.165) is 0 Å². The lowest BCUT2D eigenvalue weighted by molar-refractivity contribution is -0.149. The van der Waals surface area contributed by atoms with Crippen LogP contribution in [0.1, 0.15) is 26.8 Å². The minimum absolute atomic E-state index is 0.175. The third-order valence-electron chi connectivity index (χ3n) is 6.17. The number of hydrogen-bond donors (Lipinski definition) is 3. The quantitative estimate of drug-likeness (QED) is 0.238. The molecule has 1 aliphatic rings. The number of imidazole rings is 1. The van der Waals surface area contributed by atoms with Gasteiger partial charge in [0.15, 0.2) is 11.5 Å². The Labute approximate surface area is 218 Å². The van der Waals surface area contributed by atoms with E-state index in [1.165, 1.54) is 19.6 Å². The van der Waals surface area contributed by atoms with Crippen LogP contribution in [0.5, 0.6) is 5.75 Å². The molecule has 1 aromatic carbocycles. The molecule has 1 fully saturated rings. The minimum Gasteiger partial charge on any atom is -0.462 e. The molecule has 4 rings (SSSR count). The van der Waals surface area contributed by atoms with Crippen LogP contribution in [-0.2, 0) is 18.6 Å². The number of benzene rings is 1. The zero-order valence-corrected chi connectivity index (χ0v) is 22.0. The maximum atomic E-state index is 14.2. The number of aromatic nitrogens is 4. The number of nitrogen functional groups attached to an aromatic ring is 1. The van der Waals surface area contributed by atoms with E-state index in [4.69, 9.17) is 19.5 Å². The minimum atomic E-state index is -4.17. The summed E-state index contributed by atoms with van der Waals surface area (Å²) in [6.07, 6.45) is 2.78. The number of carbonyl (C=O) groups is 1. The summed E-state index contributed by atoms with van der Waals surface area (Å²) in [6.45, 7) is 4.25. The first-order valence-electron chi connectivity index (χ1n) is 12.0. The van der Waals surface area contributed by atoms with Crippen molar-refractivity contribution in [3.63, 3.8) is 0 Å². The zero-order valence-electron chi connectivity index (χ0n) is 21.1. The van der Waals surface area contributed by atoms with Crippen LogP contribution in [0.3, 0.4) is 0 Å². The van der Waals surface area contributed by atoms with Crippen molar-refractivity contribution in [1.82, 2.24) is 24.6 Å². The lowest BCUT2D eigenvalue weighted by Crippen LogP contribution is -2.46. The maximum absolute atomic E-state index is 14.2. The number of fused-ring (bicyclic) bond motifs is 1. The number of aliphatic hydroxyl groups excluding tert-OH is 1. The van der Waals surface area contributed by atoms with Crippen LogP contribution in [0.2, 0.25) is 0 Å². The molecule has 14 heteroatoms. The van der Waals surface area contributed by atoms with Gasteiger partial charge in [-0.2, -0.15) is 5.09 Å². The van der Waals surface area contributed by atoms with Gasteiger partial charge < -0.3 is 24.7 Å². The first-order chi connectivity index (χ1) is 18.2. The lowest BCUT2D eigenvalue weighted by atomic mass is 9.66. The van der Waals surface area contributed by atoms with Crippen molar-refractivity contribution in [3.8, 4) is 5.75 Å². The van der Waals surface area contributed by atoms with Gasteiger partial charge in [0.2, 0.25) is 0 Å². The summed E-state index contributed by atoms with van der Waals surface area (Å²) in [5, 5.41) is 12.8. The predicted molar refractivity (Wildman–Crippen MR) is 136 cm³/mol. The number of esters is 1. The fourth-order valence-corrected chi connectivity index (χ4v) is 5.88. The summed E-state index contributed by atoms with van der Waals surface area (Å²) < 4.78 is 46.1. The number of halogens is 1.